The number of carbonyl (C=O) groups is 2. The Bertz CT molecular complexity index is 337. The van der Waals surface area contributed by atoms with Crippen LogP contribution in [0.2, 0.25) is 0 Å². The predicted molar refractivity (Wildman–Crippen MR) is 75.3 cm³/mol. The summed E-state index contributed by atoms with van der Waals surface area (Å²) in [5.74, 6) is -0.484. The fraction of sp³-hybridized carbons (Fsp3) is 0.857. The van der Waals surface area contributed by atoms with Crippen LogP contribution in [-0.2, 0) is 19.0 Å². The standard InChI is InChI=1S/C14H27NO5/c1-8-9-14(5,11(16)19-7)15(10-18-6)12(17)20-13(2,3)4/h8-10H2,1-7H3/t14-/m0/s1. The Morgan fingerprint density at radius 1 is 1.10 bits per heavy atom. The van der Waals surface area contributed by atoms with E-state index in [4.69, 9.17) is 14.2 Å². The molecule has 0 bridgehead atoms. The van der Waals surface area contributed by atoms with Gasteiger partial charge in [0.2, 0.25) is 0 Å². The number of esters is 1. The van der Waals surface area contributed by atoms with Crippen molar-refractivity contribution >= 4 is 12.1 Å². The molecular formula is C14H27NO5. The summed E-state index contributed by atoms with van der Waals surface area (Å²) in [6, 6.07) is 0. The van der Waals surface area contributed by atoms with Gasteiger partial charge in [0.1, 0.15) is 17.9 Å². The van der Waals surface area contributed by atoms with E-state index in [0.717, 1.165) is 0 Å². The van der Waals surface area contributed by atoms with Crippen molar-refractivity contribution in [1.29, 1.82) is 0 Å². The maximum absolute atomic E-state index is 12.3. The van der Waals surface area contributed by atoms with Crippen molar-refractivity contribution in [1.82, 2.24) is 4.90 Å². The van der Waals surface area contributed by atoms with Crippen molar-refractivity contribution in [2.24, 2.45) is 0 Å². The molecule has 0 aromatic heterocycles. The predicted octanol–water partition coefficient (Wildman–Crippen LogP) is 2.56. The summed E-state index contributed by atoms with van der Waals surface area (Å²) >= 11 is 0. The molecule has 6 nitrogen and oxygen atoms in total. The zero-order valence-electron chi connectivity index (χ0n) is 13.6. The molecule has 6 heteroatoms. The Balaban J connectivity index is 5.38. The first-order valence-corrected chi connectivity index (χ1v) is 6.70. The van der Waals surface area contributed by atoms with E-state index in [2.05, 4.69) is 0 Å². The van der Waals surface area contributed by atoms with Gasteiger partial charge >= 0.3 is 12.1 Å². The summed E-state index contributed by atoms with van der Waals surface area (Å²) in [6.45, 7) is 8.86. The van der Waals surface area contributed by atoms with E-state index in [0.29, 0.717) is 12.8 Å². The van der Waals surface area contributed by atoms with E-state index < -0.39 is 23.2 Å². The minimum atomic E-state index is -1.11. The average molecular weight is 289 g/mol. The Morgan fingerprint density at radius 2 is 1.65 bits per heavy atom. The summed E-state index contributed by atoms with van der Waals surface area (Å²) in [4.78, 5) is 25.7. The van der Waals surface area contributed by atoms with Gasteiger partial charge in [0.15, 0.2) is 0 Å². The van der Waals surface area contributed by atoms with E-state index in [-0.39, 0.29) is 6.73 Å². The number of hydrogen-bond donors (Lipinski definition) is 0. The van der Waals surface area contributed by atoms with Gasteiger partial charge in [-0.05, 0) is 34.1 Å². The molecule has 0 fully saturated rings. The Hall–Kier alpha value is -1.30. The third kappa shape index (κ3) is 5.00. The molecule has 20 heavy (non-hydrogen) atoms. The molecule has 1 amide bonds. The Kier molecular flexibility index (Phi) is 6.99. The van der Waals surface area contributed by atoms with Crippen LogP contribution in [0.4, 0.5) is 4.79 Å². The van der Waals surface area contributed by atoms with Crippen molar-refractivity contribution in [3.8, 4) is 0 Å². The third-order valence-electron chi connectivity index (χ3n) is 2.83. The zero-order chi connectivity index (χ0) is 16.0. The van der Waals surface area contributed by atoms with Gasteiger partial charge in [-0.1, -0.05) is 13.3 Å². The number of amides is 1. The highest BCUT2D eigenvalue weighted by atomic mass is 16.6. The molecule has 0 aromatic carbocycles. The number of hydrogen-bond acceptors (Lipinski definition) is 5. The van der Waals surface area contributed by atoms with E-state index in [1.807, 2.05) is 6.92 Å². The average Bonchev–Trinajstić information content (AvgIpc) is 2.32. The first kappa shape index (κ1) is 18.7. The highest BCUT2D eigenvalue weighted by molar-refractivity contribution is 5.85. The molecule has 0 aliphatic heterocycles. The normalized spacial score (nSPS) is 14.3. The summed E-state index contributed by atoms with van der Waals surface area (Å²) < 4.78 is 15.2. The van der Waals surface area contributed by atoms with Gasteiger partial charge in [-0.3, -0.25) is 4.90 Å². The van der Waals surface area contributed by atoms with Crippen LogP contribution >= 0.6 is 0 Å². The molecule has 0 heterocycles. The molecule has 0 saturated heterocycles. The van der Waals surface area contributed by atoms with Crippen LogP contribution in [0.3, 0.4) is 0 Å². The Labute approximate surface area is 121 Å². The van der Waals surface area contributed by atoms with Crippen molar-refractivity contribution in [3.63, 3.8) is 0 Å². The molecule has 0 rings (SSSR count). The number of methoxy groups -OCH3 is 2. The molecule has 0 saturated carbocycles. The monoisotopic (exact) mass is 289 g/mol. The van der Waals surface area contributed by atoms with Gasteiger partial charge in [0, 0.05) is 7.11 Å². The number of carbonyl (C=O) groups excluding carboxylic acids is 2. The molecule has 0 N–H and O–H groups in total. The van der Waals surface area contributed by atoms with Gasteiger partial charge in [0.25, 0.3) is 0 Å². The molecular weight excluding hydrogens is 262 g/mol. The second-order valence-corrected chi connectivity index (χ2v) is 5.84. The molecule has 0 spiro atoms. The summed E-state index contributed by atoms with van der Waals surface area (Å²) in [5, 5.41) is 0. The zero-order valence-corrected chi connectivity index (χ0v) is 13.6. The van der Waals surface area contributed by atoms with Crippen LogP contribution in [0, 0.1) is 0 Å². The number of nitrogens with zero attached hydrogens (tertiary/aromatic N) is 1. The lowest BCUT2D eigenvalue weighted by Crippen LogP contribution is -2.57. The van der Waals surface area contributed by atoms with Gasteiger partial charge in [-0.2, -0.15) is 0 Å². The van der Waals surface area contributed by atoms with Crippen LogP contribution < -0.4 is 0 Å². The summed E-state index contributed by atoms with van der Waals surface area (Å²) in [6.07, 6.45) is 0.581. The number of ether oxygens (including phenoxy) is 3. The minimum absolute atomic E-state index is 0.0412. The lowest BCUT2D eigenvalue weighted by atomic mass is 9.94. The van der Waals surface area contributed by atoms with Crippen molar-refractivity contribution in [3.05, 3.63) is 0 Å². The topological polar surface area (TPSA) is 65.1 Å². The van der Waals surface area contributed by atoms with Gasteiger partial charge in [0.05, 0.1) is 7.11 Å². The maximum atomic E-state index is 12.3. The lowest BCUT2D eigenvalue weighted by molar-refractivity contribution is -0.157. The van der Waals surface area contributed by atoms with Gasteiger partial charge < -0.3 is 14.2 Å². The van der Waals surface area contributed by atoms with E-state index >= 15 is 0 Å². The summed E-state index contributed by atoms with van der Waals surface area (Å²) in [7, 11) is 2.76. The van der Waals surface area contributed by atoms with E-state index in [1.54, 1.807) is 27.7 Å². The van der Waals surface area contributed by atoms with Crippen molar-refractivity contribution in [2.45, 2.75) is 58.6 Å². The fourth-order valence-electron chi connectivity index (χ4n) is 1.90. The molecule has 0 aliphatic carbocycles. The first-order valence-electron chi connectivity index (χ1n) is 6.70. The van der Waals surface area contributed by atoms with Crippen LogP contribution in [-0.4, -0.2) is 49.1 Å². The quantitative estimate of drug-likeness (QED) is 0.555. The molecule has 0 aliphatic rings. The van der Waals surface area contributed by atoms with E-state index in [1.165, 1.54) is 19.1 Å². The Morgan fingerprint density at radius 3 is 2.00 bits per heavy atom. The largest absolute Gasteiger partial charge is 0.467 e. The highest BCUT2D eigenvalue weighted by Gasteiger charge is 2.44. The van der Waals surface area contributed by atoms with Crippen molar-refractivity contribution < 1.29 is 23.8 Å². The summed E-state index contributed by atoms with van der Waals surface area (Å²) in [5.41, 5.74) is -1.76. The van der Waals surface area contributed by atoms with Crippen molar-refractivity contribution in [2.75, 3.05) is 21.0 Å². The third-order valence-corrected chi connectivity index (χ3v) is 2.83. The maximum Gasteiger partial charge on any atom is 0.413 e. The van der Waals surface area contributed by atoms with Crippen LogP contribution in [0.5, 0.6) is 0 Å². The molecule has 0 unspecified atom stereocenters. The van der Waals surface area contributed by atoms with Gasteiger partial charge in [-0.15, -0.1) is 0 Å². The van der Waals surface area contributed by atoms with Crippen LogP contribution in [0.1, 0.15) is 47.5 Å². The first-order chi connectivity index (χ1) is 9.12. The van der Waals surface area contributed by atoms with Gasteiger partial charge in [-0.25, -0.2) is 9.59 Å². The smallest absolute Gasteiger partial charge is 0.413 e. The number of rotatable bonds is 6. The van der Waals surface area contributed by atoms with E-state index in [9.17, 15) is 9.59 Å². The fourth-order valence-corrected chi connectivity index (χ4v) is 1.90. The minimum Gasteiger partial charge on any atom is -0.467 e. The lowest BCUT2D eigenvalue weighted by Gasteiger charge is -2.38. The SMILES string of the molecule is CCC[C@@](C)(C(=O)OC)N(COC)C(=O)OC(C)(C)C. The molecule has 1 atom stereocenters. The van der Waals surface area contributed by atoms with Crippen LogP contribution in [0.25, 0.3) is 0 Å². The second kappa shape index (κ2) is 7.47. The molecule has 118 valence electrons. The second-order valence-electron chi connectivity index (χ2n) is 5.84. The molecule has 0 radical (unpaired) electrons. The highest BCUT2D eigenvalue weighted by Crippen LogP contribution is 2.25. The van der Waals surface area contributed by atoms with Crippen LogP contribution in [0.15, 0.2) is 0 Å². The molecule has 0 aromatic rings.